The van der Waals surface area contributed by atoms with Crippen LogP contribution in [0.1, 0.15) is 122 Å². The summed E-state index contributed by atoms with van der Waals surface area (Å²) in [5, 5.41) is 0. The SMILES string of the molecule is COc1ccc(C(C)(C)C)c(C)c1.COc1ccc(C(C)(C)C)c(C)c1.COc1ccc(C(C)(C)C)cc1C.COc1ccc(C(C)(C)C)cc1F. The van der Waals surface area contributed by atoms with E-state index in [9.17, 15) is 4.39 Å². The number of halogens is 1. The minimum atomic E-state index is -0.296. The molecule has 0 unspecified atom stereocenters. The summed E-state index contributed by atoms with van der Waals surface area (Å²) in [4.78, 5) is 0. The highest BCUT2D eigenvalue weighted by atomic mass is 19.1. The summed E-state index contributed by atoms with van der Waals surface area (Å²) in [5.41, 5.74) is 9.53. The molecule has 4 nitrogen and oxygen atoms in total. The number of ether oxygens (including phenoxy) is 4. The standard InChI is InChI=1S/3C12H18O.C11H15FO/c2*1-9-8-10(13-5)6-7-11(9)12(2,3)4;1-9-8-10(12(2,3)4)6-7-11(9)13-5;1-11(2,3)8-5-6-10(13-4)9(12)7-8/h3*6-8H,1-5H3;5-7H,1-4H3. The first kappa shape index (κ1) is 46.0. The molecule has 0 spiro atoms. The lowest BCUT2D eigenvalue weighted by Crippen LogP contribution is -2.12. The number of hydrogen-bond donors (Lipinski definition) is 0. The van der Waals surface area contributed by atoms with Crippen molar-refractivity contribution in [1.82, 2.24) is 0 Å². The van der Waals surface area contributed by atoms with Crippen molar-refractivity contribution in [3.8, 4) is 23.0 Å². The van der Waals surface area contributed by atoms with Crippen molar-refractivity contribution in [3.63, 3.8) is 0 Å². The van der Waals surface area contributed by atoms with Gasteiger partial charge in [0, 0.05) is 0 Å². The minimum absolute atomic E-state index is 0.0207. The Kier molecular flexibility index (Phi) is 17.0. The molecule has 0 aromatic heterocycles. The summed E-state index contributed by atoms with van der Waals surface area (Å²) in [6.45, 7) is 32.5. The zero-order chi connectivity index (χ0) is 40.2. The Balaban J connectivity index is 0.000000347. The van der Waals surface area contributed by atoms with E-state index in [1.807, 2.05) is 45.0 Å². The van der Waals surface area contributed by atoms with Crippen molar-refractivity contribution >= 4 is 0 Å². The number of aryl methyl sites for hydroxylation is 3. The average Bonchev–Trinajstić information content (AvgIpc) is 3.03. The third-order valence-corrected chi connectivity index (χ3v) is 8.76. The normalized spacial score (nSPS) is 11.5. The fourth-order valence-corrected chi connectivity index (χ4v) is 5.69. The van der Waals surface area contributed by atoms with Gasteiger partial charge in [-0.25, -0.2) is 4.39 Å². The van der Waals surface area contributed by atoms with E-state index in [-0.39, 0.29) is 27.5 Å². The molecule has 4 aromatic carbocycles. The Labute approximate surface area is 317 Å². The van der Waals surface area contributed by atoms with Crippen LogP contribution in [0.15, 0.2) is 72.8 Å². The van der Waals surface area contributed by atoms with Crippen LogP contribution in [-0.2, 0) is 21.7 Å². The van der Waals surface area contributed by atoms with Crippen molar-refractivity contribution in [1.29, 1.82) is 0 Å². The van der Waals surface area contributed by atoms with E-state index in [4.69, 9.17) is 18.9 Å². The molecular formula is C47H69FO4. The molecule has 288 valence electrons. The van der Waals surface area contributed by atoms with Crippen LogP contribution < -0.4 is 18.9 Å². The summed E-state index contributed by atoms with van der Waals surface area (Å²) in [6.07, 6.45) is 0. The van der Waals surface area contributed by atoms with Crippen LogP contribution in [0, 0.1) is 26.6 Å². The van der Waals surface area contributed by atoms with Crippen LogP contribution in [0.4, 0.5) is 4.39 Å². The van der Waals surface area contributed by atoms with E-state index in [2.05, 4.69) is 119 Å². The highest BCUT2D eigenvalue weighted by Crippen LogP contribution is 2.30. The highest BCUT2D eigenvalue weighted by Gasteiger charge is 2.18. The molecule has 4 rings (SSSR count). The molecule has 0 aliphatic heterocycles. The molecule has 0 saturated carbocycles. The predicted octanol–water partition coefficient (Wildman–Crippen LogP) is 13.0. The zero-order valence-electron chi connectivity index (χ0n) is 35.9. The van der Waals surface area contributed by atoms with Crippen molar-refractivity contribution in [3.05, 3.63) is 118 Å². The number of benzene rings is 4. The molecule has 0 fully saturated rings. The van der Waals surface area contributed by atoms with E-state index in [0.717, 1.165) is 22.8 Å². The summed E-state index contributed by atoms with van der Waals surface area (Å²) in [7, 11) is 6.57. The van der Waals surface area contributed by atoms with E-state index in [1.54, 1.807) is 27.4 Å². The molecular weight excluding hydrogens is 648 g/mol. The second-order valence-corrected chi connectivity index (χ2v) is 17.4. The second kappa shape index (κ2) is 19.2. The lowest BCUT2D eigenvalue weighted by Gasteiger charge is -2.21. The van der Waals surface area contributed by atoms with Crippen LogP contribution in [0.25, 0.3) is 0 Å². The van der Waals surface area contributed by atoms with Gasteiger partial charge in [-0.3, -0.25) is 0 Å². The summed E-state index contributed by atoms with van der Waals surface area (Å²) in [6, 6.07) is 23.9. The molecule has 4 aromatic rings. The Morgan fingerprint density at radius 2 is 0.750 bits per heavy atom. The van der Waals surface area contributed by atoms with Gasteiger partial charge >= 0.3 is 0 Å². The van der Waals surface area contributed by atoms with Gasteiger partial charge in [0.15, 0.2) is 11.6 Å². The van der Waals surface area contributed by atoms with Crippen molar-refractivity contribution < 1.29 is 23.3 Å². The average molecular weight is 717 g/mol. The molecule has 0 atom stereocenters. The van der Waals surface area contributed by atoms with Crippen LogP contribution in [0.3, 0.4) is 0 Å². The van der Waals surface area contributed by atoms with E-state index in [1.165, 1.54) is 46.6 Å². The van der Waals surface area contributed by atoms with Crippen molar-refractivity contribution in [2.75, 3.05) is 28.4 Å². The first-order chi connectivity index (χ1) is 23.8. The van der Waals surface area contributed by atoms with Crippen molar-refractivity contribution in [2.24, 2.45) is 0 Å². The number of methoxy groups -OCH3 is 4. The maximum atomic E-state index is 13.3. The van der Waals surface area contributed by atoms with E-state index in [0.29, 0.717) is 5.75 Å². The minimum Gasteiger partial charge on any atom is -0.497 e. The van der Waals surface area contributed by atoms with Gasteiger partial charge in [-0.1, -0.05) is 113 Å². The number of hydrogen-bond acceptors (Lipinski definition) is 4. The number of rotatable bonds is 4. The molecule has 0 saturated heterocycles. The lowest BCUT2D eigenvalue weighted by atomic mass is 9.84. The van der Waals surface area contributed by atoms with Gasteiger partial charge in [-0.15, -0.1) is 0 Å². The zero-order valence-corrected chi connectivity index (χ0v) is 35.9. The van der Waals surface area contributed by atoms with Gasteiger partial charge in [0.1, 0.15) is 17.2 Å². The molecule has 0 N–H and O–H groups in total. The Bertz CT molecular complexity index is 1570. The maximum absolute atomic E-state index is 13.3. The predicted molar refractivity (Wildman–Crippen MR) is 221 cm³/mol. The van der Waals surface area contributed by atoms with E-state index >= 15 is 0 Å². The molecule has 0 aliphatic carbocycles. The molecule has 5 heteroatoms. The topological polar surface area (TPSA) is 36.9 Å². The van der Waals surface area contributed by atoms with Gasteiger partial charge < -0.3 is 18.9 Å². The monoisotopic (exact) mass is 717 g/mol. The second-order valence-electron chi connectivity index (χ2n) is 17.4. The summed E-state index contributed by atoms with van der Waals surface area (Å²) in [5.74, 6) is 2.84. The first-order valence-corrected chi connectivity index (χ1v) is 18.1. The molecule has 0 amide bonds. The smallest absolute Gasteiger partial charge is 0.165 e. The first-order valence-electron chi connectivity index (χ1n) is 18.1. The Morgan fingerprint density at radius 1 is 0.385 bits per heavy atom. The van der Waals surface area contributed by atoms with Crippen molar-refractivity contribution in [2.45, 2.75) is 126 Å². The quantitative estimate of drug-likeness (QED) is 0.211. The van der Waals surface area contributed by atoms with Gasteiger partial charge in [-0.2, -0.15) is 0 Å². The van der Waals surface area contributed by atoms with Crippen LogP contribution >= 0.6 is 0 Å². The van der Waals surface area contributed by atoms with Gasteiger partial charge in [0.25, 0.3) is 0 Å². The molecule has 0 heterocycles. The summed E-state index contributed by atoms with van der Waals surface area (Å²) >= 11 is 0. The Hall–Kier alpha value is -3.99. The molecule has 0 aliphatic rings. The third kappa shape index (κ3) is 14.6. The summed E-state index contributed by atoms with van der Waals surface area (Å²) < 4.78 is 33.6. The maximum Gasteiger partial charge on any atom is 0.165 e. The fraction of sp³-hybridized carbons (Fsp3) is 0.489. The van der Waals surface area contributed by atoms with Gasteiger partial charge in [-0.05, 0) is 124 Å². The van der Waals surface area contributed by atoms with Gasteiger partial charge in [0.05, 0.1) is 28.4 Å². The molecule has 52 heavy (non-hydrogen) atoms. The van der Waals surface area contributed by atoms with Crippen LogP contribution in [0.2, 0.25) is 0 Å². The fourth-order valence-electron chi connectivity index (χ4n) is 5.69. The van der Waals surface area contributed by atoms with Crippen LogP contribution in [0.5, 0.6) is 23.0 Å². The Morgan fingerprint density at radius 3 is 1.02 bits per heavy atom. The largest absolute Gasteiger partial charge is 0.497 e. The van der Waals surface area contributed by atoms with Crippen LogP contribution in [-0.4, -0.2) is 28.4 Å². The van der Waals surface area contributed by atoms with Gasteiger partial charge in [0.2, 0.25) is 0 Å². The lowest BCUT2D eigenvalue weighted by molar-refractivity contribution is 0.385. The highest BCUT2D eigenvalue weighted by molar-refractivity contribution is 5.40. The van der Waals surface area contributed by atoms with E-state index < -0.39 is 0 Å². The molecule has 0 radical (unpaired) electrons. The molecule has 0 bridgehead atoms. The third-order valence-electron chi connectivity index (χ3n) is 8.76.